The lowest BCUT2D eigenvalue weighted by atomic mass is 10.1. The summed E-state index contributed by atoms with van der Waals surface area (Å²) in [4.78, 5) is 20.2. The van der Waals surface area contributed by atoms with Gasteiger partial charge in [-0.05, 0) is 48.2 Å². The molecule has 0 bridgehead atoms. The summed E-state index contributed by atoms with van der Waals surface area (Å²) in [5.74, 6) is 0. The standard InChI is InChI=1S/C17H21O3PS/c1-2-3-4-14-5-9-16(10-6-14)22-17-11-7-15(8-12-17)13-21(18,19)20/h5-12H,2-4,13H2,1H3,(H2,18,19,20). The van der Waals surface area contributed by atoms with E-state index in [1.165, 1.54) is 23.3 Å². The van der Waals surface area contributed by atoms with E-state index >= 15 is 0 Å². The third-order valence-corrected chi connectivity index (χ3v) is 5.08. The Bertz CT molecular complexity index is 632. The van der Waals surface area contributed by atoms with Crippen LogP contribution in [0.5, 0.6) is 0 Å². The second-order valence-electron chi connectivity index (χ2n) is 5.32. The Hall–Kier alpha value is -1.06. The smallest absolute Gasteiger partial charge is 0.324 e. The quantitative estimate of drug-likeness (QED) is 0.709. The van der Waals surface area contributed by atoms with E-state index in [1.807, 2.05) is 12.1 Å². The summed E-state index contributed by atoms with van der Waals surface area (Å²) in [5, 5.41) is 0. The van der Waals surface area contributed by atoms with Crippen molar-refractivity contribution in [2.24, 2.45) is 0 Å². The zero-order chi connectivity index (χ0) is 16.0. The lowest BCUT2D eigenvalue weighted by Gasteiger charge is -2.06. The molecule has 2 N–H and O–H groups in total. The summed E-state index contributed by atoms with van der Waals surface area (Å²) in [7, 11) is -3.99. The van der Waals surface area contributed by atoms with Gasteiger partial charge in [0.25, 0.3) is 0 Å². The summed E-state index contributed by atoms with van der Waals surface area (Å²) in [5.41, 5.74) is 2.02. The molecule has 2 aromatic carbocycles. The van der Waals surface area contributed by atoms with Gasteiger partial charge in [-0.15, -0.1) is 0 Å². The van der Waals surface area contributed by atoms with Crippen molar-refractivity contribution in [3.05, 3.63) is 59.7 Å². The third kappa shape index (κ3) is 5.98. The predicted molar refractivity (Wildman–Crippen MR) is 91.4 cm³/mol. The van der Waals surface area contributed by atoms with Gasteiger partial charge in [0, 0.05) is 9.79 Å². The highest BCUT2D eigenvalue weighted by Gasteiger charge is 2.13. The van der Waals surface area contributed by atoms with Crippen LogP contribution in [0.2, 0.25) is 0 Å². The Kier molecular flexibility index (Phi) is 6.27. The van der Waals surface area contributed by atoms with Gasteiger partial charge in [-0.2, -0.15) is 0 Å². The molecule has 5 heteroatoms. The molecule has 0 fully saturated rings. The van der Waals surface area contributed by atoms with Gasteiger partial charge >= 0.3 is 7.60 Å². The first-order valence-electron chi connectivity index (χ1n) is 7.36. The fourth-order valence-electron chi connectivity index (χ4n) is 2.14. The number of hydrogen-bond donors (Lipinski definition) is 2. The van der Waals surface area contributed by atoms with Crippen LogP contribution in [0.15, 0.2) is 58.3 Å². The Labute approximate surface area is 135 Å². The van der Waals surface area contributed by atoms with E-state index in [1.54, 1.807) is 23.9 Å². The van der Waals surface area contributed by atoms with Gasteiger partial charge in [0.05, 0.1) is 6.16 Å². The molecule has 0 aromatic heterocycles. The van der Waals surface area contributed by atoms with Crippen LogP contribution in [0, 0.1) is 0 Å². The zero-order valence-electron chi connectivity index (χ0n) is 12.6. The van der Waals surface area contributed by atoms with Crippen LogP contribution in [0.3, 0.4) is 0 Å². The maximum absolute atomic E-state index is 11.0. The zero-order valence-corrected chi connectivity index (χ0v) is 14.3. The molecule has 2 aromatic rings. The molecule has 0 unspecified atom stereocenters. The Morgan fingerprint density at radius 3 is 1.86 bits per heavy atom. The first-order chi connectivity index (χ1) is 10.5. The number of unbranched alkanes of at least 4 members (excludes halogenated alkanes) is 1. The van der Waals surface area contributed by atoms with Gasteiger partial charge in [0.15, 0.2) is 0 Å². The summed E-state index contributed by atoms with van der Waals surface area (Å²) in [6.45, 7) is 2.19. The lowest BCUT2D eigenvalue weighted by Crippen LogP contribution is -1.87. The largest absolute Gasteiger partial charge is 0.329 e. The molecule has 0 atom stereocenters. The topological polar surface area (TPSA) is 57.5 Å². The molecule has 0 saturated carbocycles. The van der Waals surface area contributed by atoms with Crippen molar-refractivity contribution in [2.75, 3.05) is 0 Å². The number of rotatable bonds is 7. The highest BCUT2D eigenvalue weighted by molar-refractivity contribution is 7.99. The average molecular weight is 336 g/mol. The SMILES string of the molecule is CCCCc1ccc(Sc2ccc(CP(=O)(O)O)cc2)cc1. The monoisotopic (exact) mass is 336 g/mol. The van der Waals surface area contributed by atoms with Crippen LogP contribution in [-0.4, -0.2) is 9.79 Å². The minimum absolute atomic E-state index is 0.204. The molecular weight excluding hydrogens is 315 g/mol. The van der Waals surface area contributed by atoms with Crippen LogP contribution in [0.4, 0.5) is 0 Å². The van der Waals surface area contributed by atoms with Crippen molar-refractivity contribution in [1.29, 1.82) is 0 Å². The van der Waals surface area contributed by atoms with E-state index < -0.39 is 7.60 Å². The second-order valence-corrected chi connectivity index (χ2v) is 8.11. The van der Waals surface area contributed by atoms with E-state index in [2.05, 4.69) is 31.2 Å². The summed E-state index contributed by atoms with van der Waals surface area (Å²) in [6, 6.07) is 15.9. The average Bonchev–Trinajstić information content (AvgIpc) is 2.47. The van der Waals surface area contributed by atoms with Crippen LogP contribution in [-0.2, 0) is 17.1 Å². The maximum atomic E-state index is 11.0. The summed E-state index contributed by atoms with van der Waals surface area (Å²) in [6.07, 6.45) is 3.34. The first-order valence-corrected chi connectivity index (χ1v) is 9.98. The van der Waals surface area contributed by atoms with Crippen molar-refractivity contribution in [3.63, 3.8) is 0 Å². The molecule has 0 radical (unpaired) electrons. The second kappa shape index (κ2) is 7.98. The van der Waals surface area contributed by atoms with Crippen molar-refractivity contribution in [2.45, 2.75) is 42.1 Å². The number of aryl methyl sites for hydroxylation is 1. The molecule has 0 spiro atoms. The van der Waals surface area contributed by atoms with Gasteiger partial charge in [0.2, 0.25) is 0 Å². The van der Waals surface area contributed by atoms with Crippen LogP contribution >= 0.6 is 19.4 Å². The number of hydrogen-bond acceptors (Lipinski definition) is 2. The Morgan fingerprint density at radius 1 is 0.909 bits per heavy atom. The molecule has 0 saturated heterocycles. The molecule has 0 amide bonds. The lowest BCUT2D eigenvalue weighted by molar-refractivity contribution is 0.371. The first kappa shape index (κ1) is 17.3. The minimum atomic E-state index is -3.99. The van der Waals surface area contributed by atoms with Gasteiger partial charge in [0.1, 0.15) is 0 Å². The van der Waals surface area contributed by atoms with E-state index in [-0.39, 0.29) is 6.16 Å². The summed E-state index contributed by atoms with van der Waals surface area (Å²) >= 11 is 1.65. The molecular formula is C17H21O3PS. The molecule has 0 aliphatic rings. The van der Waals surface area contributed by atoms with Crippen LogP contribution < -0.4 is 0 Å². The fraction of sp³-hybridized carbons (Fsp3) is 0.294. The molecule has 0 heterocycles. The van der Waals surface area contributed by atoms with Crippen LogP contribution in [0.1, 0.15) is 30.9 Å². The molecule has 22 heavy (non-hydrogen) atoms. The Balaban J connectivity index is 1.97. The van der Waals surface area contributed by atoms with Crippen molar-refractivity contribution < 1.29 is 14.4 Å². The fourth-order valence-corrected chi connectivity index (χ4v) is 3.64. The molecule has 2 rings (SSSR count). The van der Waals surface area contributed by atoms with Gasteiger partial charge < -0.3 is 9.79 Å². The molecule has 0 aliphatic heterocycles. The van der Waals surface area contributed by atoms with E-state index in [0.717, 1.165) is 11.3 Å². The van der Waals surface area contributed by atoms with Gasteiger partial charge in [-0.25, -0.2) is 0 Å². The minimum Gasteiger partial charge on any atom is -0.324 e. The predicted octanol–water partition coefficient (Wildman–Crippen LogP) is 4.86. The van der Waals surface area contributed by atoms with Crippen molar-refractivity contribution in [3.8, 4) is 0 Å². The molecule has 118 valence electrons. The van der Waals surface area contributed by atoms with Gasteiger partial charge in [-0.3, -0.25) is 4.57 Å². The normalized spacial score (nSPS) is 11.6. The van der Waals surface area contributed by atoms with Crippen LogP contribution in [0.25, 0.3) is 0 Å². The number of benzene rings is 2. The summed E-state index contributed by atoms with van der Waals surface area (Å²) < 4.78 is 11.0. The third-order valence-electron chi connectivity index (χ3n) is 3.29. The maximum Gasteiger partial charge on any atom is 0.329 e. The van der Waals surface area contributed by atoms with Crippen molar-refractivity contribution >= 4 is 19.4 Å². The molecule has 3 nitrogen and oxygen atoms in total. The van der Waals surface area contributed by atoms with E-state index in [0.29, 0.717) is 5.56 Å². The van der Waals surface area contributed by atoms with Gasteiger partial charge in [-0.1, -0.05) is 49.4 Å². The highest BCUT2D eigenvalue weighted by atomic mass is 32.2. The van der Waals surface area contributed by atoms with Crippen molar-refractivity contribution in [1.82, 2.24) is 0 Å². The van der Waals surface area contributed by atoms with E-state index in [4.69, 9.17) is 9.79 Å². The highest BCUT2D eigenvalue weighted by Crippen LogP contribution is 2.39. The molecule has 0 aliphatic carbocycles. The Morgan fingerprint density at radius 2 is 1.41 bits per heavy atom. The van der Waals surface area contributed by atoms with E-state index in [9.17, 15) is 4.57 Å².